The molecule has 0 aliphatic heterocycles. The fourth-order valence-electron chi connectivity index (χ4n) is 1.91. The first kappa shape index (κ1) is 31.3. The minimum atomic E-state index is -6.57. The Morgan fingerprint density at radius 1 is 1.00 bits per heavy atom. The van der Waals surface area contributed by atoms with E-state index in [1.807, 2.05) is 0 Å². The largest absolute Gasteiger partial charge is 0.465 e. The number of alkyl halides is 10. The number of esters is 1. The Labute approximate surface area is 178 Å². The number of rotatable bonds is 12. The van der Waals surface area contributed by atoms with Gasteiger partial charge in [-0.25, -0.2) is 4.79 Å². The smallest absolute Gasteiger partial charge is 0.455 e. The maximum atomic E-state index is 13.4. The lowest BCUT2D eigenvalue weighted by atomic mass is 10.1. The van der Waals surface area contributed by atoms with Gasteiger partial charge in [0.15, 0.2) is 6.29 Å². The summed E-state index contributed by atoms with van der Waals surface area (Å²) in [7, 11) is -6.25. The Bertz CT molecular complexity index is 808. The van der Waals surface area contributed by atoms with Crippen LogP contribution in [0.2, 0.25) is 0 Å². The van der Waals surface area contributed by atoms with Crippen LogP contribution < -0.4 is 0 Å². The lowest BCUT2D eigenvalue weighted by molar-refractivity contribution is -0.392. The van der Waals surface area contributed by atoms with Gasteiger partial charge in [0.05, 0.1) is 19.3 Å². The molecular weight excluding hydrogens is 518 g/mol. The number of methoxy groups -OCH3 is 1. The third-order valence-electron chi connectivity index (χ3n) is 3.71. The van der Waals surface area contributed by atoms with Gasteiger partial charge in [0.2, 0.25) is 0 Å². The Kier molecular flexibility index (Phi) is 9.75. The summed E-state index contributed by atoms with van der Waals surface area (Å²) in [5.74, 6) is -12.6. The monoisotopic (exact) mass is 534 g/mol. The number of unbranched alkanes of at least 4 members (excludes halogenated alkanes) is 1. The Morgan fingerprint density at radius 3 is 1.85 bits per heavy atom. The maximum absolute atomic E-state index is 13.4. The summed E-state index contributed by atoms with van der Waals surface area (Å²) in [4.78, 5) is 11.6. The molecule has 33 heavy (non-hydrogen) atoms. The highest BCUT2D eigenvalue weighted by Crippen LogP contribution is 2.42. The SMILES string of the molecule is C=C(C(O)OC(OCCCCC(F)(F)C(F)(F)S(=O)(=O)O)(C(=O)OC)C(F)(F)F)C(F)(F)F. The molecule has 0 radical (unpaired) electrons. The predicted molar refractivity (Wildman–Crippen MR) is 84.3 cm³/mol. The van der Waals surface area contributed by atoms with Gasteiger partial charge in [-0.15, -0.1) is 0 Å². The van der Waals surface area contributed by atoms with Crippen molar-refractivity contribution < 1.29 is 81.0 Å². The van der Waals surface area contributed by atoms with E-state index in [-0.39, 0.29) is 0 Å². The highest BCUT2D eigenvalue weighted by molar-refractivity contribution is 7.87. The molecule has 0 spiro atoms. The third-order valence-corrected chi connectivity index (χ3v) is 4.65. The second-order valence-electron chi connectivity index (χ2n) is 6.10. The number of ether oxygens (including phenoxy) is 3. The van der Waals surface area contributed by atoms with E-state index in [4.69, 9.17) is 4.55 Å². The fourth-order valence-corrected chi connectivity index (χ4v) is 2.39. The van der Waals surface area contributed by atoms with Crippen molar-refractivity contribution >= 4 is 16.1 Å². The summed E-state index contributed by atoms with van der Waals surface area (Å²) in [6, 6.07) is 0. The number of hydrogen-bond acceptors (Lipinski definition) is 7. The van der Waals surface area contributed by atoms with Gasteiger partial charge < -0.3 is 14.6 Å². The molecule has 0 saturated heterocycles. The van der Waals surface area contributed by atoms with Crippen molar-refractivity contribution in [3.05, 3.63) is 12.2 Å². The summed E-state index contributed by atoms with van der Waals surface area (Å²) in [6.07, 6.45) is -19.3. The second kappa shape index (κ2) is 10.3. The van der Waals surface area contributed by atoms with Crippen molar-refractivity contribution in [1.82, 2.24) is 0 Å². The summed E-state index contributed by atoms with van der Waals surface area (Å²) < 4.78 is 171. The van der Waals surface area contributed by atoms with Gasteiger partial charge in [-0.1, -0.05) is 6.58 Å². The molecule has 0 aliphatic rings. The second-order valence-corrected chi connectivity index (χ2v) is 7.56. The fraction of sp³-hybridized carbons (Fsp3) is 0.786. The molecule has 0 saturated carbocycles. The van der Waals surface area contributed by atoms with Gasteiger partial charge in [0, 0.05) is 6.42 Å². The standard InChI is InChI=1S/C14H16F10O8S/c1-7(12(17,18)19)8(25)32-11(9(26)30-2,13(20,21)22)31-6-4-3-5-10(15,16)14(23,24)33(27,28)29/h8,25H,1,3-6H2,2H3,(H,27,28,29). The van der Waals surface area contributed by atoms with Gasteiger partial charge in [-0.05, 0) is 12.8 Å². The van der Waals surface area contributed by atoms with E-state index in [2.05, 4.69) is 20.8 Å². The number of aliphatic hydroxyl groups is 1. The van der Waals surface area contributed by atoms with E-state index in [1.54, 1.807) is 0 Å². The Morgan fingerprint density at radius 2 is 1.48 bits per heavy atom. The van der Waals surface area contributed by atoms with Gasteiger partial charge in [0.25, 0.3) is 0 Å². The van der Waals surface area contributed by atoms with Crippen molar-refractivity contribution in [1.29, 1.82) is 0 Å². The Hall–Kier alpha value is -1.70. The lowest BCUT2D eigenvalue weighted by Gasteiger charge is -2.34. The van der Waals surface area contributed by atoms with Crippen LogP contribution in [0.15, 0.2) is 12.2 Å². The molecule has 0 bridgehead atoms. The highest BCUT2D eigenvalue weighted by atomic mass is 32.2. The number of carbonyl (C=O) groups excluding carboxylic acids is 1. The molecule has 0 amide bonds. The zero-order valence-electron chi connectivity index (χ0n) is 16.1. The number of aliphatic hydroxyl groups excluding tert-OH is 1. The first-order chi connectivity index (χ1) is 14.5. The molecule has 0 rings (SSSR count). The van der Waals surface area contributed by atoms with Crippen LogP contribution in [-0.4, -0.2) is 73.4 Å². The van der Waals surface area contributed by atoms with E-state index < -0.39 is 83.1 Å². The molecule has 2 N–H and O–H groups in total. The van der Waals surface area contributed by atoms with Gasteiger partial charge in [0.1, 0.15) is 0 Å². The minimum Gasteiger partial charge on any atom is -0.465 e. The average Bonchev–Trinajstić information content (AvgIpc) is 2.62. The van der Waals surface area contributed by atoms with Crippen molar-refractivity contribution in [2.75, 3.05) is 13.7 Å². The first-order valence-electron chi connectivity index (χ1n) is 8.11. The van der Waals surface area contributed by atoms with Crippen LogP contribution in [0.5, 0.6) is 0 Å². The predicted octanol–water partition coefficient (Wildman–Crippen LogP) is 3.17. The van der Waals surface area contributed by atoms with E-state index in [9.17, 15) is 62.2 Å². The topological polar surface area (TPSA) is 119 Å². The van der Waals surface area contributed by atoms with Crippen LogP contribution in [0.4, 0.5) is 43.9 Å². The van der Waals surface area contributed by atoms with Crippen LogP contribution in [-0.2, 0) is 29.1 Å². The molecule has 0 heterocycles. The van der Waals surface area contributed by atoms with E-state index in [0.717, 1.165) is 0 Å². The third kappa shape index (κ3) is 7.14. The number of hydrogen-bond donors (Lipinski definition) is 2. The maximum Gasteiger partial charge on any atom is 0.455 e. The molecule has 19 heteroatoms. The number of halogens is 10. The van der Waals surface area contributed by atoms with Crippen molar-refractivity contribution in [3.8, 4) is 0 Å². The molecule has 196 valence electrons. The van der Waals surface area contributed by atoms with Gasteiger partial charge in [-0.3, -0.25) is 9.29 Å². The van der Waals surface area contributed by atoms with Crippen molar-refractivity contribution in [2.45, 2.75) is 54.9 Å². The summed E-state index contributed by atoms with van der Waals surface area (Å²) in [6.45, 7) is 0.779. The highest BCUT2D eigenvalue weighted by Gasteiger charge is 2.67. The molecule has 0 aliphatic carbocycles. The number of carbonyl (C=O) groups is 1. The van der Waals surface area contributed by atoms with Crippen molar-refractivity contribution in [3.63, 3.8) is 0 Å². The van der Waals surface area contributed by atoms with Crippen LogP contribution >= 0.6 is 0 Å². The van der Waals surface area contributed by atoms with Crippen LogP contribution in [0, 0.1) is 0 Å². The van der Waals surface area contributed by atoms with Crippen LogP contribution in [0.3, 0.4) is 0 Å². The van der Waals surface area contributed by atoms with E-state index >= 15 is 0 Å². The van der Waals surface area contributed by atoms with Crippen LogP contribution in [0.1, 0.15) is 19.3 Å². The molecule has 2 atom stereocenters. The van der Waals surface area contributed by atoms with Crippen LogP contribution in [0.25, 0.3) is 0 Å². The zero-order chi connectivity index (χ0) is 26.7. The molecule has 0 aromatic rings. The summed E-state index contributed by atoms with van der Waals surface area (Å²) in [5.41, 5.74) is -2.30. The van der Waals surface area contributed by atoms with Gasteiger partial charge >= 0.3 is 45.4 Å². The molecular formula is C14H16F10O8S. The van der Waals surface area contributed by atoms with Gasteiger partial charge in [-0.2, -0.15) is 52.3 Å². The summed E-state index contributed by atoms with van der Waals surface area (Å²) in [5, 5.41) is 3.33. The first-order valence-corrected chi connectivity index (χ1v) is 9.55. The van der Waals surface area contributed by atoms with E-state index in [0.29, 0.717) is 7.11 Å². The Balaban J connectivity index is 5.55. The minimum absolute atomic E-state index is 0.318. The molecule has 2 unspecified atom stereocenters. The lowest BCUT2D eigenvalue weighted by Crippen LogP contribution is -2.59. The molecule has 8 nitrogen and oxygen atoms in total. The normalized spacial score (nSPS) is 16.8. The average molecular weight is 534 g/mol. The zero-order valence-corrected chi connectivity index (χ0v) is 17.0. The molecule has 0 aromatic heterocycles. The summed E-state index contributed by atoms with van der Waals surface area (Å²) >= 11 is 0. The molecule has 0 fully saturated rings. The van der Waals surface area contributed by atoms with Crippen molar-refractivity contribution in [2.24, 2.45) is 0 Å². The van der Waals surface area contributed by atoms with E-state index in [1.165, 1.54) is 0 Å². The molecule has 0 aromatic carbocycles. The quantitative estimate of drug-likeness (QED) is 0.0979.